The van der Waals surface area contributed by atoms with Crippen molar-refractivity contribution in [2.45, 2.75) is 32.7 Å². The first-order chi connectivity index (χ1) is 6.94. The van der Waals surface area contributed by atoms with Gasteiger partial charge in [0, 0.05) is 12.6 Å². The highest BCUT2D eigenvalue weighted by Gasteiger charge is 2.21. The number of aromatic nitrogens is 2. The molecular weight excluding hydrogens is 196 g/mol. The molecule has 0 aromatic carbocycles. The average Bonchev–Trinajstić information content (AvgIpc) is 2.42. The Balaban J connectivity index is 2.79. The molecule has 0 bridgehead atoms. The highest BCUT2D eigenvalue weighted by molar-refractivity contribution is 5.35. The molecule has 0 spiro atoms. The van der Waals surface area contributed by atoms with E-state index in [-0.39, 0.29) is 5.54 Å². The van der Waals surface area contributed by atoms with Crippen LogP contribution in [0.2, 0.25) is 0 Å². The second kappa shape index (κ2) is 4.48. The van der Waals surface area contributed by atoms with E-state index in [0.717, 1.165) is 4.79 Å². The Morgan fingerprint density at radius 2 is 2.20 bits per heavy atom. The van der Waals surface area contributed by atoms with Gasteiger partial charge in [-0.3, -0.25) is 0 Å². The Kier molecular flexibility index (Phi) is 3.52. The summed E-state index contributed by atoms with van der Waals surface area (Å²) in [4.78, 5) is 0.979. The van der Waals surface area contributed by atoms with Crippen LogP contribution < -0.4 is 10.1 Å². The molecule has 15 heavy (non-hydrogen) atoms. The molecule has 2 N–H and O–H groups in total. The van der Waals surface area contributed by atoms with Gasteiger partial charge in [-0.2, -0.15) is 0 Å². The van der Waals surface area contributed by atoms with Gasteiger partial charge in [0.15, 0.2) is 0 Å². The summed E-state index contributed by atoms with van der Waals surface area (Å²) in [5.41, 5.74) is 0.570. The minimum Gasteiger partial charge on any atom is -0.384 e. The Morgan fingerprint density at radius 3 is 2.73 bits per heavy atom. The van der Waals surface area contributed by atoms with Gasteiger partial charge in [0.1, 0.15) is 0 Å². The van der Waals surface area contributed by atoms with Crippen LogP contribution in [0.3, 0.4) is 0 Å². The minimum atomic E-state index is -0.117. The number of nitrogens with zero attached hydrogens (tertiary/aromatic N) is 2. The molecule has 6 nitrogen and oxygen atoms in total. The fourth-order valence-electron chi connectivity index (χ4n) is 1.13. The van der Waals surface area contributed by atoms with Gasteiger partial charge >= 0.3 is 0 Å². The minimum absolute atomic E-state index is 0.117. The Bertz CT molecular complexity index is 316. The van der Waals surface area contributed by atoms with Gasteiger partial charge in [-0.1, -0.05) is 4.79 Å². The van der Waals surface area contributed by atoms with Crippen LogP contribution in [-0.2, 0) is 11.2 Å². The van der Waals surface area contributed by atoms with Crippen molar-refractivity contribution < 1.29 is 14.1 Å². The number of ether oxygens (including phenoxy) is 1. The van der Waals surface area contributed by atoms with Crippen molar-refractivity contribution in [1.29, 1.82) is 0 Å². The van der Waals surface area contributed by atoms with Crippen molar-refractivity contribution in [1.82, 2.24) is 5.27 Å². The highest BCUT2D eigenvalue weighted by atomic mass is 16.5. The number of rotatable bonds is 4. The molecule has 1 heterocycles. The molecule has 0 atom stereocenters. The molecule has 86 valence electrons. The van der Waals surface area contributed by atoms with E-state index in [2.05, 4.69) is 10.6 Å². The molecule has 0 fully saturated rings. The lowest BCUT2D eigenvalue weighted by atomic mass is 10.1. The molecule has 1 rings (SSSR count). The first kappa shape index (κ1) is 11.8. The number of anilines is 1. The van der Waals surface area contributed by atoms with E-state index in [1.165, 1.54) is 0 Å². The number of nitrogens with one attached hydrogen (secondary N) is 2. The molecule has 0 unspecified atom stereocenters. The number of hydrogen-bond donors (Lipinski definition) is 1. The lowest BCUT2D eigenvalue weighted by Gasteiger charge is -2.19. The number of hydrogen-bond acceptors (Lipinski definition) is 4. The van der Waals surface area contributed by atoms with Crippen LogP contribution >= 0.6 is 0 Å². The lowest BCUT2D eigenvalue weighted by Crippen LogP contribution is -2.32. The summed E-state index contributed by atoms with van der Waals surface area (Å²) < 4.78 is 9.99. The maximum absolute atomic E-state index is 7.49. The van der Waals surface area contributed by atoms with Crippen LogP contribution in [-0.4, -0.2) is 24.5 Å². The van der Waals surface area contributed by atoms with Crippen LogP contribution in [0.4, 0.5) is 5.88 Å². The third-order valence-electron chi connectivity index (χ3n) is 1.76. The standard InChI is InChI=1S/C9H18N4O2/c1-9(2,3)11-8-7(5-6-14-4)13(10)12-15-8/h10-11H,5-6H2,1-4H3. The molecule has 1 aromatic rings. The first-order valence-corrected chi connectivity index (χ1v) is 4.83. The largest absolute Gasteiger partial charge is 0.384 e. The van der Waals surface area contributed by atoms with Crippen LogP contribution in [0.15, 0.2) is 4.52 Å². The van der Waals surface area contributed by atoms with Crippen molar-refractivity contribution in [2.75, 3.05) is 19.0 Å². The second-order valence-corrected chi connectivity index (χ2v) is 4.38. The zero-order chi connectivity index (χ0) is 11.5. The van der Waals surface area contributed by atoms with Crippen molar-refractivity contribution in [2.24, 2.45) is 0 Å². The van der Waals surface area contributed by atoms with Gasteiger partial charge in [0.05, 0.1) is 13.0 Å². The van der Waals surface area contributed by atoms with Crippen LogP contribution in [0.5, 0.6) is 0 Å². The topological polar surface area (TPSA) is 75.0 Å². The molecule has 0 saturated heterocycles. The molecule has 0 aliphatic carbocycles. The Labute approximate surface area is 89.3 Å². The molecule has 0 saturated carbocycles. The van der Waals surface area contributed by atoms with Crippen molar-refractivity contribution in [3.63, 3.8) is 0 Å². The summed E-state index contributed by atoms with van der Waals surface area (Å²) in [6.45, 7) is 6.59. The maximum atomic E-state index is 7.49. The number of methoxy groups -OCH3 is 1. The fraction of sp³-hybridized carbons (Fsp3) is 0.778. The molecule has 0 aliphatic heterocycles. The van der Waals surface area contributed by atoms with Crippen molar-refractivity contribution in [3.8, 4) is 0 Å². The van der Waals surface area contributed by atoms with Crippen molar-refractivity contribution in [3.05, 3.63) is 11.5 Å². The Hall–Kier alpha value is -1.30. The zero-order valence-corrected chi connectivity index (χ0v) is 9.63. The second-order valence-electron chi connectivity index (χ2n) is 4.38. The molecule has 0 radical (unpaired) electrons. The first-order valence-electron chi connectivity index (χ1n) is 4.83. The predicted molar refractivity (Wildman–Crippen MR) is 55.4 cm³/mol. The quantitative estimate of drug-likeness (QED) is 0.763. The van der Waals surface area contributed by atoms with E-state index < -0.39 is 0 Å². The summed E-state index contributed by atoms with van der Waals surface area (Å²) in [6.07, 6.45) is 0.599. The van der Waals surface area contributed by atoms with Crippen LogP contribution in [0, 0.1) is 0 Å². The molecule has 6 heteroatoms. The van der Waals surface area contributed by atoms with Gasteiger partial charge < -0.3 is 14.6 Å². The van der Waals surface area contributed by atoms with Gasteiger partial charge in [-0.15, -0.1) is 0 Å². The van der Waals surface area contributed by atoms with Gasteiger partial charge in [-0.25, -0.2) is 5.84 Å². The smallest absolute Gasteiger partial charge is 0.271 e. The zero-order valence-electron chi connectivity index (χ0n) is 9.63. The van der Waals surface area contributed by atoms with E-state index in [9.17, 15) is 0 Å². The van der Waals surface area contributed by atoms with E-state index in [1.54, 1.807) is 7.11 Å². The van der Waals surface area contributed by atoms with Crippen LogP contribution in [0.25, 0.3) is 5.84 Å². The molecule has 1 aromatic heterocycles. The summed E-state index contributed by atoms with van der Waals surface area (Å²) in [5.74, 6) is 8.03. The summed E-state index contributed by atoms with van der Waals surface area (Å²) >= 11 is 0. The normalized spacial score (nSPS) is 11.7. The summed E-state index contributed by atoms with van der Waals surface area (Å²) in [6, 6.07) is 0. The van der Waals surface area contributed by atoms with Crippen LogP contribution in [0.1, 0.15) is 26.5 Å². The molecule has 0 amide bonds. The predicted octanol–water partition coefficient (Wildman–Crippen LogP) is 1.18. The summed E-state index contributed by atoms with van der Waals surface area (Å²) in [5, 5.41) is 6.70. The molecular formula is C9H18N4O2. The van der Waals surface area contributed by atoms with Crippen molar-refractivity contribution >= 4 is 5.88 Å². The fourth-order valence-corrected chi connectivity index (χ4v) is 1.13. The average molecular weight is 214 g/mol. The third-order valence-corrected chi connectivity index (χ3v) is 1.76. The SMILES string of the molecule is COCCc1c(NC(C)(C)C)on[n+]1[NH-]. The third kappa shape index (κ3) is 3.39. The maximum Gasteiger partial charge on any atom is 0.271 e. The molecule has 0 aliphatic rings. The van der Waals surface area contributed by atoms with E-state index >= 15 is 0 Å². The van der Waals surface area contributed by atoms with E-state index in [0.29, 0.717) is 24.6 Å². The lowest BCUT2D eigenvalue weighted by molar-refractivity contribution is -0.686. The van der Waals surface area contributed by atoms with Gasteiger partial charge in [0.25, 0.3) is 11.6 Å². The monoisotopic (exact) mass is 214 g/mol. The Morgan fingerprint density at radius 1 is 1.53 bits per heavy atom. The highest BCUT2D eigenvalue weighted by Crippen LogP contribution is 2.16. The van der Waals surface area contributed by atoms with Gasteiger partial charge in [-0.05, 0) is 26.0 Å². The van der Waals surface area contributed by atoms with E-state index in [4.69, 9.17) is 15.1 Å². The van der Waals surface area contributed by atoms with E-state index in [1.807, 2.05) is 20.8 Å². The van der Waals surface area contributed by atoms with Gasteiger partial charge in [0.2, 0.25) is 0 Å². The summed E-state index contributed by atoms with van der Waals surface area (Å²) in [7, 11) is 1.62.